The molecule has 0 bridgehead atoms. The minimum absolute atomic E-state index is 0.00887. The lowest BCUT2D eigenvalue weighted by molar-refractivity contribution is -0.145. The van der Waals surface area contributed by atoms with Crippen molar-refractivity contribution in [2.45, 2.75) is 109 Å². The molecule has 2 aromatic heterocycles. The number of H-pyrrole nitrogens is 1. The standard InChI is InChI=1S/C52H61FN10O7S/c1-29-8-7-23-62(29)27-41-58-38-18-17-36(24-39(38)59-41)57-47(67)35-15-13-34(14-16-35)46(66)55-22-21-54-45(65)30(2)42(32-9-11-33(12-10-32)43-31(3)56-28-71-43)60-48(68)40-25-37(64)26-63(40)49(69)44(51(4,5)6)61-50(70)52(53)19-20-52/h9-18,24,28-29,37,40,42,44,64H,2,7-8,19-23,25-27H2,1,3-6H3,(H,54,65)(H,55,66)(H,57,67)(H,58,59)(H,60,68)(H,61,70)/t29-,37+,40-,42-,44+/m0/s1. The molecule has 17 nitrogen and oxygen atoms in total. The molecule has 71 heavy (non-hydrogen) atoms. The lowest BCUT2D eigenvalue weighted by Gasteiger charge is -2.36. The van der Waals surface area contributed by atoms with Crippen molar-refractivity contribution in [2.75, 3.05) is 31.5 Å². The van der Waals surface area contributed by atoms with Crippen LogP contribution < -0.4 is 26.6 Å². The molecule has 6 amide bonds. The van der Waals surface area contributed by atoms with Crippen molar-refractivity contribution in [3.63, 3.8) is 0 Å². The predicted octanol–water partition coefficient (Wildman–Crippen LogP) is 5.49. The Morgan fingerprint density at radius 2 is 1.65 bits per heavy atom. The van der Waals surface area contributed by atoms with Crippen molar-refractivity contribution in [3.05, 3.63) is 113 Å². The van der Waals surface area contributed by atoms with Crippen LogP contribution in [0.25, 0.3) is 21.5 Å². The third kappa shape index (κ3) is 11.7. The fourth-order valence-electron chi connectivity index (χ4n) is 9.04. The van der Waals surface area contributed by atoms with E-state index in [1.54, 1.807) is 56.6 Å². The number of nitrogens with zero attached hydrogens (tertiary/aromatic N) is 4. The maximum absolute atomic E-state index is 14.8. The molecule has 19 heteroatoms. The number of thiazole rings is 1. The van der Waals surface area contributed by atoms with Crippen LogP contribution in [-0.2, 0) is 25.7 Å². The number of likely N-dealkylation sites (tertiary alicyclic amines) is 2. The summed E-state index contributed by atoms with van der Waals surface area (Å²) in [5, 5.41) is 24.7. The number of hydrogen-bond donors (Lipinski definition) is 7. The molecule has 3 fully saturated rings. The highest BCUT2D eigenvalue weighted by atomic mass is 32.1. The summed E-state index contributed by atoms with van der Waals surface area (Å²) in [7, 11) is 0. The Labute approximate surface area is 415 Å². The summed E-state index contributed by atoms with van der Waals surface area (Å²) in [6.07, 6.45) is 1.27. The Morgan fingerprint density at radius 3 is 2.28 bits per heavy atom. The molecule has 4 heterocycles. The van der Waals surface area contributed by atoms with E-state index in [4.69, 9.17) is 4.98 Å². The van der Waals surface area contributed by atoms with Gasteiger partial charge in [0.05, 0.1) is 45.8 Å². The average Bonchev–Trinajstić information content (AvgIpc) is 3.74. The lowest BCUT2D eigenvalue weighted by atomic mass is 9.85. The largest absolute Gasteiger partial charge is 0.391 e. The first kappa shape index (κ1) is 50.6. The van der Waals surface area contributed by atoms with Crippen LogP contribution in [-0.4, -0.2) is 121 Å². The molecule has 5 aromatic rings. The number of hydrogen-bond acceptors (Lipinski definition) is 11. The van der Waals surface area contributed by atoms with Crippen molar-refractivity contribution in [3.8, 4) is 10.4 Å². The highest BCUT2D eigenvalue weighted by Crippen LogP contribution is 2.40. The van der Waals surface area contributed by atoms with Gasteiger partial charge in [-0.3, -0.25) is 33.7 Å². The van der Waals surface area contributed by atoms with Crippen LogP contribution in [0, 0.1) is 12.3 Å². The van der Waals surface area contributed by atoms with Crippen LogP contribution in [0.5, 0.6) is 0 Å². The Balaban J connectivity index is 0.878. The van der Waals surface area contributed by atoms with Gasteiger partial charge in [-0.1, -0.05) is 51.6 Å². The number of amides is 6. The van der Waals surface area contributed by atoms with E-state index in [2.05, 4.69) is 55.0 Å². The van der Waals surface area contributed by atoms with Gasteiger partial charge < -0.3 is 41.6 Å². The lowest BCUT2D eigenvalue weighted by Crippen LogP contribution is -2.59. The van der Waals surface area contributed by atoms with E-state index < -0.39 is 64.8 Å². The van der Waals surface area contributed by atoms with Crippen LogP contribution >= 0.6 is 11.3 Å². The van der Waals surface area contributed by atoms with Crippen LogP contribution in [0.4, 0.5) is 10.1 Å². The van der Waals surface area contributed by atoms with Crippen molar-refractivity contribution < 1.29 is 38.3 Å². The quantitative estimate of drug-likeness (QED) is 0.0458. The zero-order valence-corrected chi connectivity index (χ0v) is 41.4. The van der Waals surface area contributed by atoms with E-state index in [-0.39, 0.29) is 50.4 Å². The number of nitrogens with one attached hydrogen (secondary N) is 6. The number of aliphatic hydroxyl groups is 1. The van der Waals surface area contributed by atoms with Crippen molar-refractivity contribution in [1.82, 2.24) is 46.0 Å². The van der Waals surface area contributed by atoms with Gasteiger partial charge in [-0.2, -0.15) is 0 Å². The summed E-state index contributed by atoms with van der Waals surface area (Å²) >= 11 is 1.47. The van der Waals surface area contributed by atoms with Gasteiger partial charge in [0.15, 0.2) is 5.67 Å². The number of aromatic nitrogens is 3. The van der Waals surface area contributed by atoms with Gasteiger partial charge in [0.25, 0.3) is 17.7 Å². The van der Waals surface area contributed by atoms with Gasteiger partial charge in [0.1, 0.15) is 17.9 Å². The summed E-state index contributed by atoms with van der Waals surface area (Å²) in [4.78, 5) is 98.2. The zero-order chi connectivity index (χ0) is 50.8. The summed E-state index contributed by atoms with van der Waals surface area (Å²) in [5.41, 5.74) is 3.86. The Kier molecular flexibility index (Phi) is 14.9. The number of rotatable bonds is 17. The van der Waals surface area contributed by atoms with Gasteiger partial charge >= 0.3 is 0 Å². The molecule has 8 rings (SSSR count). The molecule has 2 saturated heterocycles. The average molecular weight is 989 g/mol. The second kappa shape index (κ2) is 20.9. The molecule has 5 atom stereocenters. The minimum Gasteiger partial charge on any atom is -0.391 e. The van der Waals surface area contributed by atoms with Crippen LogP contribution in [0.15, 0.2) is 84.4 Å². The Morgan fingerprint density at radius 1 is 0.958 bits per heavy atom. The number of aliphatic hydroxyl groups excluding tert-OH is 1. The summed E-state index contributed by atoms with van der Waals surface area (Å²) in [6.45, 7) is 14.9. The topological polar surface area (TPSA) is 231 Å². The highest BCUT2D eigenvalue weighted by Gasteiger charge is 2.53. The maximum atomic E-state index is 14.8. The molecular weight excluding hydrogens is 928 g/mol. The van der Waals surface area contributed by atoms with Gasteiger partial charge in [-0.05, 0) is 105 Å². The van der Waals surface area contributed by atoms with Crippen LogP contribution in [0.1, 0.15) is 104 Å². The first-order valence-corrected chi connectivity index (χ1v) is 24.8. The molecule has 2 aliphatic heterocycles. The zero-order valence-electron chi connectivity index (χ0n) is 40.6. The number of anilines is 1. The third-order valence-corrected chi connectivity index (χ3v) is 14.4. The summed E-state index contributed by atoms with van der Waals surface area (Å²) < 4.78 is 14.8. The van der Waals surface area contributed by atoms with E-state index in [0.29, 0.717) is 28.4 Å². The number of fused-ring (bicyclic) bond motifs is 1. The molecule has 3 aliphatic rings. The fourth-order valence-corrected chi connectivity index (χ4v) is 9.86. The number of β-amino-alcohol motifs (C(OH)–C–C–N with tert-alkyl or cyclic N) is 1. The third-order valence-electron chi connectivity index (χ3n) is 13.5. The van der Waals surface area contributed by atoms with Gasteiger partial charge in [-0.15, -0.1) is 11.3 Å². The fraction of sp³-hybridized carbons (Fsp3) is 0.423. The molecule has 374 valence electrons. The van der Waals surface area contributed by atoms with E-state index >= 15 is 0 Å². The van der Waals surface area contributed by atoms with Crippen molar-refractivity contribution in [1.29, 1.82) is 0 Å². The molecule has 0 radical (unpaired) electrons. The summed E-state index contributed by atoms with van der Waals surface area (Å²) in [5.74, 6) is -2.75. The second-order valence-corrected chi connectivity index (χ2v) is 20.8. The predicted molar refractivity (Wildman–Crippen MR) is 268 cm³/mol. The number of carbonyl (C=O) groups excluding carboxylic acids is 6. The highest BCUT2D eigenvalue weighted by molar-refractivity contribution is 7.13. The van der Waals surface area contributed by atoms with Crippen LogP contribution in [0.3, 0.4) is 0 Å². The molecule has 0 unspecified atom stereocenters. The van der Waals surface area contributed by atoms with E-state index in [9.17, 15) is 38.3 Å². The molecule has 1 saturated carbocycles. The number of aryl methyl sites for hydroxylation is 1. The van der Waals surface area contributed by atoms with E-state index in [1.165, 1.54) is 41.2 Å². The van der Waals surface area contributed by atoms with Crippen LogP contribution in [0.2, 0.25) is 0 Å². The monoisotopic (exact) mass is 988 g/mol. The Hall–Kier alpha value is -6.83. The molecule has 7 N–H and O–H groups in total. The number of benzene rings is 3. The second-order valence-electron chi connectivity index (χ2n) is 19.9. The SMILES string of the molecule is C=C(C(=O)NCCNC(=O)c1ccc(C(=O)Nc2ccc3nc(CN4CCC[C@@H]4C)[nH]c3c2)cc1)[C@H](NC(=O)[C@@H]1C[C@@H](O)CN1C(=O)[C@@H](NC(=O)C1(F)CC1)C(C)(C)C)c1ccc(-c2scnc2C)cc1. The molecule has 1 aliphatic carbocycles. The molecule has 3 aromatic carbocycles. The van der Waals surface area contributed by atoms with Gasteiger partial charge in [0, 0.05) is 54.5 Å². The number of alkyl halides is 1. The van der Waals surface area contributed by atoms with Gasteiger partial charge in [0.2, 0.25) is 17.7 Å². The first-order chi connectivity index (χ1) is 33.8. The van der Waals surface area contributed by atoms with Crippen molar-refractivity contribution in [2.24, 2.45) is 5.41 Å². The van der Waals surface area contributed by atoms with Crippen molar-refractivity contribution >= 4 is 63.5 Å². The number of aromatic amines is 1. The van der Waals surface area contributed by atoms with E-state index in [1.807, 2.05) is 31.2 Å². The number of carbonyl (C=O) groups is 6. The van der Waals surface area contributed by atoms with Gasteiger partial charge in [-0.25, -0.2) is 14.4 Å². The number of halogens is 1. The van der Waals surface area contributed by atoms with E-state index in [0.717, 1.165) is 46.1 Å². The Bertz CT molecular complexity index is 2840. The molecule has 0 spiro atoms. The first-order valence-electron chi connectivity index (χ1n) is 24.0. The maximum Gasteiger partial charge on any atom is 0.258 e. The number of imidazole rings is 1. The molecular formula is C52H61FN10O7S. The summed E-state index contributed by atoms with van der Waals surface area (Å²) in [6, 6.07) is 15.9. The normalized spacial score (nSPS) is 19.4. The minimum atomic E-state index is -2.04. The smallest absolute Gasteiger partial charge is 0.258 e.